The van der Waals surface area contributed by atoms with Crippen LogP contribution in [0.15, 0.2) is 35.7 Å². The average Bonchev–Trinajstić information content (AvgIpc) is 2.95. The topological polar surface area (TPSA) is 79.3 Å². The summed E-state index contributed by atoms with van der Waals surface area (Å²) in [5, 5.41) is 14.4. The Labute approximate surface area is 139 Å². The first-order valence-corrected chi connectivity index (χ1v) is 8.35. The predicted molar refractivity (Wildman–Crippen MR) is 90.3 cm³/mol. The molecule has 0 saturated carbocycles. The van der Waals surface area contributed by atoms with Crippen molar-refractivity contribution >= 4 is 23.2 Å². The van der Waals surface area contributed by atoms with E-state index in [0.717, 1.165) is 10.6 Å². The standard InChI is InChI=1S/C17H20N2O3S/c1-11(2)8-14(17(21)22)19-15(20)9-13-10-23-16(18-13)12-6-4-3-5-7-12/h3-7,10-11,14H,8-9H2,1-2H3,(H,19,20)(H,21,22)/t14-/m0/s1. The molecule has 6 heteroatoms. The molecule has 0 spiro atoms. The van der Waals surface area contributed by atoms with E-state index in [1.54, 1.807) is 0 Å². The van der Waals surface area contributed by atoms with Gasteiger partial charge in [-0.1, -0.05) is 44.2 Å². The lowest BCUT2D eigenvalue weighted by Gasteiger charge is -2.16. The first-order chi connectivity index (χ1) is 11.0. The fraction of sp³-hybridized carbons (Fsp3) is 0.353. The van der Waals surface area contributed by atoms with Gasteiger partial charge >= 0.3 is 5.97 Å². The smallest absolute Gasteiger partial charge is 0.326 e. The fourth-order valence-electron chi connectivity index (χ4n) is 2.20. The number of rotatable bonds is 7. The molecule has 2 N–H and O–H groups in total. The van der Waals surface area contributed by atoms with Crippen LogP contribution in [0.1, 0.15) is 26.0 Å². The molecule has 1 amide bonds. The zero-order valence-electron chi connectivity index (χ0n) is 13.2. The van der Waals surface area contributed by atoms with E-state index in [-0.39, 0.29) is 18.2 Å². The van der Waals surface area contributed by atoms with Crippen LogP contribution in [0.2, 0.25) is 0 Å². The van der Waals surface area contributed by atoms with Gasteiger partial charge in [0.05, 0.1) is 12.1 Å². The number of benzene rings is 1. The Kier molecular flexibility index (Phi) is 5.87. The first kappa shape index (κ1) is 17.1. The summed E-state index contributed by atoms with van der Waals surface area (Å²) in [4.78, 5) is 27.7. The van der Waals surface area contributed by atoms with E-state index in [9.17, 15) is 9.59 Å². The molecule has 1 atom stereocenters. The van der Waals surface area contributed by atoms with Gasteiger partial charge in [0.25, 0.3) is 0 Å². The molecule has 2 aromatic rings. The molecule has 0 aliphatic rings. The molecular formula is C17H20N2O3S. The van der Waals surface area contributed by atoms with Crippen molar-refractivity contribution in [3.05, 3.63) is 41.4 Å². The molecule has 1 heterocycles. The van der Waals surface area contributed by atoms with Crippen molar-refractivity contribution in [2.75, 3.05) is 0 Å². The molecule has 0 saturated heterocycles. The van der Waals surface area contributed by atoms with Crippen LogP contribution >= 0.6 is 11.3 Å². The molecule has 0 aliphatic heterocycles. The van der Waals surface area contributed by atoms with Crippen LogP contribution in [0, 0.1) is 5.92 Å². The molecule has 0 radical (unpaired) electrons. The average molecular weight is 332 g/mol. The van der Waals surface area contributed by atoms with Crippen LogP contribution in [0.3, 0.4) is 0 Å². The molecule has 0 aliphatic carbocycles. The fourth-order valence-corrected chi connectivity index (χ4v) is 3.03. The number of amides is 1. The van der Waals surface area contributed by atoms with E-state index in [1.165, 1.54) is 11.3 Å². The maximum Gasteiger partial charge on any atom is 0.326 e. The zero-order valence-corrected chi connectivity index (χ0v) is 14.0. The minimum atomic E-state index is -1.00. The third-order valence-corrected chi connectivity index (χ3v) is 4.19. The molecule has 5 nitrogen and oxygen atoms in total. The number of hydrogen-bond acceptors (Lipinski definition) is 4. The lowest BCUT2D eigenvalue weighted by atomic mass is 10.0. The van der Waals surface area contributed by atoms with E-state index in [1.807, 2.05) is 49.6 Å². The van der Waals surface area contributed by atoms with Crippen molar-refractivity contribution in [3.63, 3.8) is 0 Å². The van der Waals surface area contributed by atoms with Crippen molar-refractivity contribution in [1.29, 1.82) is 0 Å². The Morgan fingerprint density at radius 3 is 2.57 bits per heavy atom. The maximum atomic E-state index is 12.0. The quantitative estimate of drug-likeness (QED) is 0.817. The van der Waals surface area contributed by atoms with Gasteiger partial charge in [-0.25, -0.2) is 9.78 Å². The van der Waals surface area contributed by atoms with Gasteiger partial charge in [-0.2, -0.15) is 0 Å². The van der Waals surface area contributed by atoms with Gasteiger partial charge in [-0.3, -0.25) is 4.79 Å². The van der Waals surface area contributed by atoms with Gasteiger partial charge in [0.15, 0.2) is 0 Å². The molecule has 23 heavy (non-hydrogen) atoms. The number of carboxylic acids is 1. The summed E-state index contributed by atoms with van der Waals surface area (Å²) in [5.74, 6) is -1.13. The van der Waals surface area contributed by atoms with Crippen LogP contribution in [0.5, 0.6) is 0 Å². The Bertz CT molecular complexity index is 667. The van der Waals surface area contributed by atoms with Crippen molar-refractivity contribution in [2.24, 2.45) is 5.92 Å². The van der Waals surface area contributed by atoms with Gasteiger partial charge in [0, 0.05) is 10.9 Å². The van der Waals surface area contributed by atoms with Crippen LogP contribution in [-0.2, 0) is 16.0 Å². The molecular weight excluding hydrogens is 312 g/mol. The number of hydrogen-bond donors (Lipinski definition) is 2. The number of nitrogens with one attached hydrogen (secondary N) is 1. The number of carbonyl (C=O) groups excluding carboxylic acids is 1. The predicted octanol–water partition coefficient (Wildman–Crippen LogP) is 2.97. The van der Waals surface area contributed by atoms with E-state index in [2.05, 4.69) is 10.3 Å². The van der Waals surface area contributed by atoms with E-state index >= 15 is 0 Å². The normalized spacial score (nSPS) is 12.1. The highest BCUT2D eigenvalue weighted by Gasteiger charge is 2.21. The Morgan fingerprint density at radius 2 is 1.96 bits per heavy atom. The van der Waals surface area contributed by atoms with E-state index in [0.29, 0.717) is 12.1 Å². The number of carboxylic acid groups (broad SMARTS) is 1. The molecule has 122 valence electrons. The van der Waals surface area contributed by atoms with Crippen LogP contribution in [-0.4, -0.2) is 28.0 Å². The van der Waals surface area contributed by atoms with Crippen LogP contribution in [0.25, 0.3) is 10.6 Å². The highest BCUT2D eigenvalue weighted by molar-refractivity contribution is 7.13. The number of thiazole rings is 1. The SMILES string of the molecule is CC(C)C[C@H](NC(=O)Cc1csc(-c2ccccc2)n1)C(=O)O. The zero-order chi connectivity index (χ0) is 16.8. The van der Waals surface area contributed by atoms with Crippen molar-refractivity contribution in [1.82, 2.24) is 10.3 Å². The van der Waals surface area contributed by atoms with Crippen LogP contribution < -0.4 is 5.32 Å². The second-order valence-electron chi connectivity index (χ2n) is 5.77. The van der Waals surface area contributed by atoms with E-state index in [4.69, 9.17) is 5.11 Å². The minimum Gasteiger partial charge on any atom is -0.480 e. The van der Waals surface area contributed by atoms with Crippen molar-refractivity contribution in [3.8, 4) is 10.6 Å². The van der Waals surface area contributed by atoms with Gasteiger partial charge in [-0.15, -0.1) is 11.3 Å². The minimum absolute atomic E-state index is 0.0885. The monoisotopic (exact) mass is 332 g/mol. The second kappa shape index (κ2) is 7.87. The molecule has 0 fully saturated rings. The van der Waals surface area contributed by atoms with Gasteiger partial charge in [0.1, 0.15) is 11.0 Å². The number of nitrogens with zero attached hydrogens (tertiary/aromatic N) is 1. The summed E-state index contributed by atoms with van der Waals surface area (Å²) in [5.41, 5.74) is 1.66. The highest BCUT2D eigenvalue weighted by Crippen LogP contribution is 2.23. The summed E-state index contributed by atoms with van der Waals surface area (Å²) in [6.07, 6.45) is 0.499. The number of aromatic nitrogens is 1. The number of aliphatic carboxylic acids is 1. The highest BCUT2D eigenvalue weighted by atomic mass is 32.1. The first-order valence-electron chi connectivity index (χ1n) is 7.47. The summed E-state index contributed by atoms with van der Waals surface area (Å²) >= 11 is 1.47. The third-order valence-electron chi connectivity index (χ3n) is 3.25. The summed E-state index contributed by atoms with van der Waals surface area (Å²) in [6.45, 7) is 3.85. The Hall–Kier alpha value is -2.21. The maximum absolute atomic E-state index is 12.0. The molecule has 2 rings (SSSR count). The lowest BCUT2D eigenvalue weighted by Crippen LogP contribution is -2.42. The summed E-state index contributed by atoms with van der Waals surface area (Å²) in [6, 6.07) is 8.89. The van der Waals surface area contributed by atoms with Crippen molar-refractivity contribution < 1.29 is 14.7 Å². The summed E-state index contributed by atoms with van der Waals surface area (Å²) in [7, 11) is 0. The van der Waals surface area contributed by atoms with Gasteiger partial charge < -0.3 is 10.4 Å². The van der Waals surface area contributed by atoms with Gasteiger partial charge in [0.2, 0.25) is 5.91 Å². The van der Waals surface area contributed by atoms with Crippen molar-refractivity contribution in [2.45, 2.75) is 32.7 Å². The molecule has 1 aromatic heterocycles. The third kappa shape index (κ3) is 5.17. The van der Waals surface area contributed by atoms with Gasteiger partial charge in [-0.05, 0) is 12.3 Å². The number of carbonyl (C=O) groups is 2. The Morgan fingerprint density at radius 1 is 1.26 bits per heavy atom. The summed E-state index contributed by atoms with van der Waals surface area (Å²) < 4.78 is 0. The molecule has 0 unspecified atom stereocenters. The lowest BCUT2D eigenvalue weighted by molar-refractivity contribution is -0.142. The van der Waals surface area contributed by atoms with Crippen LogP contribution in [0.4, 0.5) is 0 Å². The van der Waals surface area contributed by atoms with E-state index < -0.39 is 12.0 Å². The molecule has 1 aromatic carbocycles. The Balaban J connectivity index is 1.98. The second-order valence-corrected chi connectivity index (χ2v) is 6.63. The largest absolute Gasteiger partial charge is 0.480 e. The molecule has 0 bridgehead atoms.